The number of benzene rings is 2. The molecule has 0 radical (unpaired) electrons. The molecule has 1 amide bonds. The van der Waals surface area contributed by atoms with Crippen LogP contribution in [-0.2, 0) is 13.1 Å². The number of carbonyl (C=O) groups is 1. The van der Waals surface area contributed by atoms with Gasteiger partial charge >= 0.3 is 0 Å². The van der Waals surface area contributed by atoms with Crippen LogP contribution in [0.1, 0.15) is 28.7 Å². The van der Waals surface area contributed by atoms with E-state index in [1.54, 1.807) is 0 Å². The fraction of sp³-hybridized carbons (Fsp3) is 0.391. The molecule has 152 valence electrons. The van der Waals surface area contributed by atoms with Gasteiger partial charge in [0.2, 0.25) is 0 Å². The van der Waals surface area contributed by atoms with Crippen LogP contribution >= 0.6 is 0 Å². The maximum atomic E-state index is 12.6. The molecular weight excluding hydrogens is 362 g/mol. The zero-order chi connectivity index (χ0) is 20.4. The van der Waals surface area contributed by atoms with E-state index < -0.39 is 0 Å². The Kier molecular flexibility index (Phi) is 5.65. The van der Waals surface area contributed by atoms with Crippen molar-refractivity contribution in [2.75, 3.05) is 38.5 Å². The Balaban J connectivity index is 1.56. The predicted octanol–water partition coefficient (Wildman–Crippen LogP) is 3.36. The lowest BCUT2D eigenvalue weighted by Crippen LogP contribution is -2.44. The third kappa shape index (κ3) is 4.18. The Hall–Kier alpha value is -2.70. The van der Waals surface area contributed by atoms with E-state index in [0.717, 1.165) is 67.4 Å². The molecule has 2 heterocycles. The summed E-state index contributed by atoms with van der Waals surface area (Å²) in [5.41, 5.74) is 4.49. The lowest BCUT2D eigenvalue weighted by molar-refractivity contribution is 0.102. The normalized spacial score (nSPS) is 15.7. The molecule has 4 rings (SSSR count). The van der Waals surface area contributed by atoms with Crippen LogP contribution in [0.15, 0.2) is 42.5 Å². The van der Waals surface area contributed by atoms with Crippen molar-refractivity contribution in [3.05, 3.63) is 59.4 Å². The quantitative estimate of drug-likeness (QED) is 0.725. The van der Waals surface area contributed by atoms with Crippen molar-refractivity contribution < 1.29 is 4.79 Å². The van der Waals surface area contributed by atoms with Crippen molar-refractivity contribution in [1.29, 1.82) is 0 Å². The van der Waals surface area contributed by atoms with E-state index in [1.807, 2.05) is 43.3 Å². The van der Waals surface area contributed by atoms with Gasteiger partial charge in [-0.1, -0.05) is 18.2 Å². The van der Waals surface area contributed by atoms with E-state index >= 15 is 0 Å². The van der Waals surface area contributed by atoms with Gasteiger partial charge in [-0.05, 0) is 50.7 Å². The van der Waals surface area contributed by atoms with E-state index in [-0.39, 0.29) is 5.91 Å². The standard InChI is InChI=1S/C23H29N5O/c1-4-28-21-10-9-18(24-23(29)19-8-6-5-7-17(19)2)15-20(21)25-22(28)16-27-13-11-26(3)12-14-27/h5-10,15H,4,11-14,16H2,1-3H3,(H,24,29). The predicted molar refractivity (Wildman–Crippen MR) is 117 cm³/mol. The fourth-order valence-corrected chi connectivity index (χ4v) is 3.96. The van der Waals surface area contributed by atoms with Crippen molar-refractivity contribution in [3.63, 3.8) is 0 Å². The molecule has 2 aromatic carbocycles. The van der Waals surface area contributed by atoms with Crippen molar-refractivity contribution in [1.82, 2.24) is 19.4 Å². The maximum absolute atomic E-state index is 12.6. The maximum Gasteiger partial charge on any atom is 0.255 e. The lowest BCUT2D eigenvalue weighted by atomic mass is 10.1. The van der Waals surface area contributed by atoms with E-state index in [4.69, 9.17) is 4.98 Å². The average molecular weight is 392 g/mol. The van der Waals surface area contributed by atoms with E-state index in [2.05, 4.69) is 39.7 Å². The summed E-state index contributed by atoms with van der Waals surface area (Å²) in [6.07, 6.45) is 0. The summed E-state index contributed by atoms with van der Waals surface area (Å²) in [6.45, 7) is 10.2. The SMILES string of the molecule is CCn1c(CN2CCN(C)CC2)nc2cc(NC(=O)c3ccccc3C)ccc21. The molecule has 1 aliphatic heterocycles. The monoisotopic (exact) mass is 391 g/mol. The topological polar surface area (TPSA) is 53.4 Å². The summed E-state index contributed by atoms with van der Waals surface area (Å²) in [4.78, 5) is 22.4. The summed E-state index contributed by atoms with van der Waals surface area (Å²) in [5.74, 6) is 1.00. The van der Waals surface area contributed by atoms with Crippen LogP contribution in [0.4, 0.5) is 5.69 Å². The van der Waals surface area contributed by atoms with E-state index in [0.29, 0.717) is 5.56 Å². The molecule has 1 fully saturated rings. The van der Waals surface area contributed by atoms with E-state index in [1.165, 1.54) is 0 Å². The smallest absolute Gasteiger partial charge is 0.255 e. The summed E-state index contributed by atoms with van der Waals surface area (Å²) in [5, 5.41) is 3.02. The minimum absolute atomic E-state index is 0.0879. The number of imidazole rings is 1. The number of carbonyl (C=O) groups excluding carboxylic acids is 1. The second kappa shape index (κ2) is 8.35. The number of likely N-dealkylation sites (N-methyl/N-ethyl adjacent to an activating group) is 1. The largest absolute Gasteiger partial charge is 0.327 e. The Morgan fingerprint density at radius 3 is 2.59 bits per heavy atom. The zero-order valence-corrected chi connectivity index (χ0v) is 17.5. The number of rotatable bonds is 5. The van der Waals surface area contributed by atoms with Gasteiger partial charge in [-0.3, -0.25) is 9.69 Å². The van der Waals surface area contributed by atoms with Gasteiger partial charge in [-0.2, -0.15) is 0 Å². The van der Waals surface area contributed by atoms with E-state index in [9.17, 15) is 4.79 Å². The second-order valence-corrected chi connectivity index (χ2v) is 7.82. The van der Waals surface area contributed by atoms with Crippen molar-refractivity contribution in [3.8, 4) is 0 Å². The van der Waals surface area contributed by atoms with Crippen molar-refractivity contribution in [2.24, 2.45) is 0 Å². The summed E-state index contributed by atoms with van der Waals surface area (Å²) >= 11 is 0. The molecule has 0 aliphatic carbocycles. The number of nitrogens with zero attached hydrogens (tertiary/aromatic N) is 4. The Morgan fingerprint density at radius 2 is 1.86 bits per heavy atom. The van der Waals surface area contributed by atoms with Gasteiger partial charge in [0.15, 0.2) is 0 Å². The number of amides is 1. The third-order valence-corrected chi connectivity index (χ3v) is 5.75. The van der Waals surface area contributed by atoms with Gasteiger partial charge in [-0.25, -0.2) is 4.98 Å². The number of fused-ring (bicyclic) bond motifs is 1. The highest BCUT2D eigenvalue weighted by atomic mass is 16.1. The van der Waals surface area contributed by atoms with Crippen LogP contribution in [0, 0.1) is 6.92 Å². The summed E-state index contributed by atoms with van der Waals surface area (Å²) in [6, 6.07) is 13.6. The molecule has 6 nitrogen and oxygen atoms in total. The number of anilines is 1. The van der Waals surface area contributed by atoms with Gasteiger partial charge in [0.25, 0.3) is 5.91 Å². The Morgan fingerprint density at radius 1 is 1.10 bits per heavy atom. The molecule has 1 aromatic heterocycles. The molecule has 0 saturated carbocycles. The molecule has 0 unspecified atom stereocenters. The van der Waals surface area contributed by atoms with Gasteiger partial charge in [0.05, 0.1) is 17.6 Å². The highest BCUT2D eigenvalue weighted by Crippen LogP contribution is 2.22. The minimum Gasteiger partial charge on any atom is -0.327 e. The summed E-state index contributed by atoms with van der Waals surface area (Å²) in [7, 11) is 2.17. The fourth-order valence-electron chi connectivity index (χ4n) is 3.96. The molecule has 0 bridgehead atoms. The minimum atomic E-state index is -0.0879. The number of piperazine rings is 1. The number of aryl methyl sites for hydroxylation is 2. The van der Waals surface area contributed by atoms with Gasteiger partial charge in [0, 0.05) is 44.0 Å². The van der Waals surface area contributed by atoms with Crippen LogP contribution in [0.2, 0.25) is 0 Å². The Labute approximate surface area is 172 Å². The number of nitrogens with one attached hydrogen (secondary N) is 1. The number of hydrogen-bond acceptors (Lipinski definition) is 4. The molecule has 6 heteroatoms. The van der Waals surface area contributed by atoms with Crippen LogP contribution in [-0.4, -0.2) is 58.5 Å². The number of hydrogen-bond donors (Lipinski definition) is 1. The first-order valence-corrected chi connectivity index (χ1v) is 10.3. The van der Waals surface area contributed by atoms with Crippen LogP contribution in [0.25, 0.3) is 11.0 Å². The zero-order valence-electron chi connectivity index (χ0n) is 17.5. The summed E-state index contributed by atoms with van der Waals surface area (Å²) < 4.78 is 2.28. The van der Waals surface area contributed by atoms with Crippen molar-refractivity contribution >= 4 is 22.6 Å². The molecule has 0 atom stereocenters. The first kappa shape index (κ1) is 19.6. The van der Waals surface area contributed by atoms with Gasteiger partial charge < -0.3 is 14.8 Å². The molecule has 0 spiro atoms. The van der Waals surface area contributed by atoms with Crippen LogP contribution in [0.3, 0.4) is 0 Å². The molecule has 1 aliphatic rings. The highest BCUT2D eigenvalue weighted by Gasteiger charge is 2.18. The van der Waals surface area contributed by atoms with Crippen LogP contribution in [0.5, 0.6) is 0 Å². The van der Waals surface area contributed by atoms with Crippen LogP contribution < -0.4 is 5.32 Å². The molecule has 29 heavy (non-hydrogen) atoms. The number of aromatic nitrogens is 2. The first-order chi connectivity index (χ1) is 14.0. The van der Waals surface area contributed by atoms with Gasteiger partial charge in [0.1, 0.15) is 5.82 Å². The molecular formula is C23H29N5O. The first-order valence-electron chi connectivity index (χ1n) is 10.3. The average Bonchev–Trinajstić information content (AvgIpc) is 3.06. The molecule has 3 aromatic rings. The third-order valence-electron chi connectivity index (χ3n) is 5.75. The molecule has 1 saturated heterocycles. The Bertz CT molecular complexity index is 1020. The lowest BCUT2D eigenvalue weighted by Gasteiger charge is -2.32. The van der Waals surface area contributed by atoms with Crippen molar-refractivity contribution in [2.45, 2.75) is 26.9 Å². The molecule has 1 N–H and O–H groups in total. The highest BCUT2D eigenvalue weighted by molar-refractivity contribution is 6.05. The van der Waals surface area contributed by atoms with Gasteiger partial charge in [-0.15, -0.1) is 0 Å². The second-order valence-electron chi connectivity index (χ2n) is 7.82.